The highest BCUT2D eigenvalue weighted by Crippen LogP contribution is 2.23. The van der Waals surface area contributed by atoms with Gasteiger partial charge >= 0.3 is 6.03 Å². The molecule has 2 atom stereocenters. The summed E-state index contributed by atoms with van der Waals surface area (Å²) in [6, 6.07) is 4.97. The first kappa shape index (κ1) is 17.0. The Labute approximate surface area is 142 Å². The lowest BCUT2D eigenvalue weighted by atomic mass is 10.00. The Hall–Kier alpha value is -1.82. The minimum Gasteiger partial charge on any atom is -0.494 e. The number of carbonyl (C=O) groups is 1. The number of carbonyl (C=O) groups excluding carboxylic acids is 1. The van der Waals surface area contributed by atoms with Gasteiger partial charge in [0, 0.05) is 25.7 Å². The van der Waals surface area contributed by atoms with E-state index in [0.29, 0.717) is 6.04 Å². The van der Waals surface area contributed by atoms with E-state index in [1.54, 1.807) is 12.1 Å². The van der Waals surface area contributed by atoms with Gasteiger partial charge in [-0.3, -0.25) is 4.90 Å². The number of hydrogen-bond acceptors (Lipinski definition) is 3. The van der Waals surface area contributed by atoms with Crippen molar-refractivity contribution in [1.82, 2.24) is 15.1 Å². The number of ether oxygens (including phenoxy) is 1. The fourth-order valence-electron chi connectivity index (χ4n) is 3.65. The second-order valence-corrected chi connectivity index (χ2v) is 6.70. The van der Waals surface area contributed by atoms with E-state index < -0.39 is 5.82 Å². The molecule has 24 heavy (non-hydrogen) atoms. The third-order valence-corrected chi connectivity index (χ3v) is 5.14. The van der Waals surface area contributed by atoms with Crippen molar-refractivity contribution in [2.24, 2.45) is 0 Å². The van der Waals surface area contributed by atoms with Gasteiger partial charge in [0.25, 0.3) is 0 Å². The van der Waals surface area contributed by atoms with Crippen LogP contribution in [0.15, 0.2) is 18.2 Å². The summed E-state index contributed by atoms with van der Waals surface area (Å²) in [5.74, 6) is -0.197. The highest BCUT2D eigenvalue weighted by atomic mass is 19.1. The molecule has 1 N–H and O–H groups in total. The fraction of sp³-hybridized carbons (Fsp3) is 0.611. The number of benzene rings is 1. The number of urea groups is 1. The molecule has 2 aliphatic rings. The second kappa shape index (κ2) is 7.38. The van der Waals surface area contributed by atoms with Crippen LogP contribution in [0.5, 0.6) is 5.75 Å². The van der Waals surface area contributed by atoms with Gasteiger partial charge in [-0.1, -0.05) is 12.5 Å². The first-order valence-corrected chi connectivity index (χ1v) is 8.71. The number of nitrogens with one attached hydrogen (secondary N) is 1. The summed E-state index contributed by atoms with van der Waals surface area (Å²) in [4.78, 5) is 16.9. The number of amides is 2. The Bertz CT molecular complexity index is 596. The Morgan fingerprint density at radius 1 is 1.33 bits per heavy atom. The molecule has 1 aromatic carbocycles. The van der Waals surface area contributed by atoms with Crippen LogP contribution < -0.4 is 10.1 Å². The molecule has 0 saturated carbocycles. The van der Waals surface area contributed by atoms with Gasteiger partial charge in [0.2, 0.25) is 0 Å². The average Bonchev–Trinajstić information content (AvgIpc) is 2.61. The number of fused-ring (bicyclic) bond motifs is 1. The molecule has 0 bridgehead atoms. The van der Waals surface area contributed by atoms with Gasteiger partial charge in [0.15, 0.2) is 11.6 Å². The molecule has 5 nitrogen and oxygen atoms in total. The molecule has 2 fully saturated rings. The summed E-state index contributed by atoms with van der Waals surface area (Å²) >= 11 is 0. The van der Waals surface area contributed by atoms with Crippen molar-refractivity contribution in [2.75, 3.05) is 33.3 Å². The topological polar surface area (TPSA) is 44.8 Å². The maximum Gasteiger partial charge on any atom is 0.317 e. The van der Waals surface area contributed by atoms with E-state index in [4.69, 9.17) is 4.74 Å². The molecular weight excluding hydrogens is 309 g/mol. The Kier molecular flexibility index (Phi) is 5.23. The van der Waals surface area contributed by atoms with Crippen LogP contribution in [-0.4, -0.2) is 55.2 Å². The number of nitrogens with zero attached hydrogens (tertiary/aromatic N) is 2. The van der Waals surface area contributed by atoms with Crippen molar-refractivity contribution in [3.63, 3.8) is 0 Å². The first-order valence-electron chi connectivity index (χ1n) is 8.71. The summed E-state index contributed by atoms with van der Waals surface area (Å²) in [6.45, 7) is 5.52. The first-order chi connectivity index (χ1) is 11.6. The molecule has 2 aliphatic heterocycles. The standard InChI is InChI=1S/C18H26FN3O2/c1-13(14-6-7-17(24-2)16(19)11-14)20-18(23)22-10-9-21-8-4-3-5-15(21)12-22/h6-7,11,13,15H,3-5,8-10,12H2,1-2H3,(H,20,23)/t13-,15+/m0/s1. The van der Waals surface area contributed by atoms with E-state index in [2.05, 4.69) is 10.2 Å². The highest BCUT2D eigenvalue weighted by molar-refractivity contribution is 5.75. The van der Waals surface area contributed by atoms with Crippen molar-refractivity contribution in [3.05, 3.63) is 29.6 Å². The van der Waals surface area contributed by atoms with Crippen LogP contribution in [0.1, 0.15) is 37.8 Å². The van der Waals surface area contributed by atoms with E-state index in [1.165, 1.54) is 32.4 Å². The normalized spacial score (nSPS) is 22.6. The monoisotopic (exact) mass is 335 g/mol. The van der Waals surface area contributed by atoms with E-state index in [1.807, 2.05) is 11.8 Å². The minimum absolute atomic E-state index is 0.0658. The molecular formula is C18H26FN3O2. The van der Waals surface area contributed by atoms with E-state index in [0.717, 1.165) is 31.7 Å². The minimum atomic E-state index is -0.410. The van der Waals surface area contributed by atoms with Crippen LogP contribution in [-0.2, 0) is 0 Å². The Morgan fingerprint density at radius 3 is 2.92 bits per heavy atom. The lowest BCUT2D eigenvalue weighted by Crippen LogP contribution is -2.58. The maximum absolute atomic E-state index is 13.8. The third-order valence-electron chi connectivity index (χ3n) is 5.14. The van der Waals surface area contributed by atoms with Crippen molar-refractivity contribution in [1.29, 1.82) is 0 Å². The quantitative estimate of drug-likeness (QED) is 0.924. The number of methoxy groups -OCH3 is 1. The zero-order valence-electron chi connectivity index (χ0n) is 14.4. The van der Waals surface area contributed by atoms with E-state index in [9.17, 15) is 9.18 Å². The summed E-state index contributed by atoms with van der Waals surface area (Å²) in [5, 5.41) is 2.99. The lowest BCUT2D eigenvalue weighted by Gasteiger charge is -2.44. The summed E-state index contributed by atoms with van der Waals surface area (Å²) in [5.41, 5.74) is 0.734. The van der Waals surface area contributed by atoms with Crippen LogP contribution in [0.2, 0.25) is 0 Å². The molecule has 0 aromatic heterocycles. The smallest absolute Gasteiger partial charge is 0.317 e. The van der Waals surface area contributed by atoms with Gasteiger partial charge in [0.1, 0.15) is 0 Å². The zero-order chi connectivity index (χ0) is 17.1. The molecule has 2 saturated heterocycles. The fourth-order valence-corrected chi connectivity index (χ4v) is 3.65. The predicted molar refractivity (Wildman–Crippen MR) is 90.7 cm³/mol. The molecule has 0 spiro atoms. The van der Waals surface area contributed by atoms with Crippen LogP contribution in [0.4, 0.5) is 9.18 Å². The molecule has 132 valence electrons. The second-order valence-electron chi connectivity index (χ2n) is 6.70. The predicted octanol–water partition coefficient (Wildman–Crippen LogP) is 2.78. The van der Waals surface area contributed by atoms with Gasteiger partial charge < -0.3 is 15.0 Å². The molecule has 3 rings (SSSR count). The van der Waals surface area contributed by atoms with Crippen LogP contribution in [0.3, 0.4) is 0 Å². The summed E-state index contributed by atoms with van der Waals surface area (Å²) < 4.78 is 18.8. The van der Waals surface area contributed by atoms with Crippen LogP contribution in [0.25, 0.3) is 0 Å². The van der Waals surface area contributed by atoms with Crippen LogP contribution in [0, 0.1) is 5.82 Å². The molecule has 6 heteroatoms. The van der Waals surface area contributed by atoms with Crippen LogP contribution >= 0.6 is 0 Å². The van der Waals surface area contributed by atoms with Crippen molar-refractivity contribution >= 4 is 6.03 Å². The van der Waals surface area contributed by atoms with E-state index >= 15 is 0 Å². The van der Waals surface area contributed by atoms with Crippen molar-refractivity contribution in [2.45, 2.75) is 38.3 Å². The summed E-state index contributed by atoms with van der Waals surface area (Å²) in [7, 11) is 1.44. The number of halogens is 1. The number of hydrogen-bond donors (Lipinski definition) is 1. The number of piperidine rings is 1. The van der Waals surface area contributed by atoms with Gasteiger partial charge in [-0.15, -0.1) is 0 Å². The Morgan fingerprint density at radius 2 is 2.17 bits per heavy atom. The number of piperazine rings is 1. The maximum atomic E-state index is 13.8. The zero-order valence-corrected chi connectivity index (χ0v) is 14.4. The molecule has 2 heterocycles. The molecule has 0 radical (unpaired) electrons. The lowest BCUT2D eigenvalue weighted by molar-refractivity contribution is 0.0637. The van der Waals surface area contributed by atoms with Gasteiger partial charge in [0.05, 0.1) is 13.2 Å². The van der Waals surface area contributed by atoms with Gasteiger partial charge in [-0.05, 0) is 44.0 Å². The molecule has 1 aromatic rings. The van der Waals surface area contributed by atoms with E-state index in [-0.39, 0.29) is 17.8 Å². The molecule has 0 aliphatic carbocycles. The largest absolute Gasteiger partial charge is 0.494 e. The Balaban J connectivity index is 1.59. The highest BCUT2D eigenvalue weighted by Gasteiger charge is 2.31. The van der Waals surface area contributed by atoms with Gasteiger partial charge in [-0.2, -0.15) is 0 Å². The van der Waals surface area contributed by atoms with Crippen molar-refractivity contribution in [3.8, 4) is 5.75 Å². The molecule has 2 amide bonds. The molecule has 0 unspecified atom stereocenters. The summed E-state index contributed by atoms with van der Waals surface area (Å²) in [6.07, 6.45) is 3.68. The van der Waals surface area contributed by atoms with Crippen molar-refractivity contribution < 1.29 is 13.9 Å². The average molecular weight is 335 g/mol. The third kappa shape index (κ3) is 3.64. The SMILES string of the molecule is COc1ccc([C@H](C)NC(=O)N2CCN3CCCC[C@@H]3C2)cc1F. The van der Waals surface area contributed by atoms with Gasteiger partial charge in [-0.25, -0.2) is 9.18 Å². The number of rotatable bonds is 3.